The van der Waals surface area contributed by atoms with Crippen molar-refractivity contribution in [3.8, 4) is 5.75 Å². The monoisotopic (exact) mass is 292 g/mol. The molecule has 1 saturated heterocycles. The minimum absolute atomic E-state index is 0.117. The molecule has 0 aliphatic carbocycles. The van der Waals surface area contributed by atoms with Crippen molar-refractivity contribution >= 4 is 11.8 Å². The highest BCUT2D eigenvalue weighted by Gasteiger charge is 2.29. The largest absolute Gasteiger partial charge is 0.508 e. The average Bonchev–Trinajstić information content (AvgIpc) is 2.37. The van der Waals surface area contributed by atoms with Gasteiger partial charge in [-0.05, 0) is 45.2 Å². The highest BCUT2D eigenvalue weighted by atomic mass is 16.6. The van der Waals surface area contributed by atoms with Crippen molar-refractivity contribution in [3.05, 3.63) is 23.8 Å². The molecule has 1 aromatic carbocycles. The Morgan fingerprint density at radius 3 is 2.76 bits per heavy atom. The van der Waals surface area contributed by atoms with Gasteiger partial charge >= 0.3 is 6.09 Å². The van der Waals surface area contributed by atoms with Crippen LogP contribution in [0.4, 0.5) is 10.5 Å². The van der Waals surface area contributed by atoms with Crippen molar-refractivity contribution in [1.29, 1.82) is 0 Å². The van der Waals surface area contributed by atoms with Gasteiger partial charge in [0.15, 0.2) is 0 Å². The minimum atomic E-state index is -0.493. The molecule has 0 spiro atoms. The number of hydrogen-bond acceptors (Lipinski definition) is 4. The zero-order chi connectivity index (χ0) is 15.6. The molecular formula is C16H24N2O3. The van der Waals surface area contributed by atoms with Crippen LogP contribution in [-0.4, -0.2) is 34.8 Å². The number of hydrogen-bond donors (Lipinski definition) is 2. The smallest absolute Gasteiger partial charge is 0.410 e. The zero-order valence-electron chi connectivity index (χ0n) is 12.9. The fourth-order valence-electron chi connectivity index (χ4n) is 2.63. The van der Waals surface area contributed by atoms with Crippen molar-refractivity contribution in [2.24, 2.45) is 0 Å². The molecule has 0 aromatic heterocycles. The van der Waals surface area contributed by atoms with Gasteiger partial charge < -0.3 is 20.5 Å². The van der Waals surface area contributed by atoms with Gasteiger partial charge in [0.05, 0.1) is 0 Å². The maximum Gasteiger partial charge on any atom is 0.410 e. The number of nitrogens with two attached hydrogens (primary N) is 1. The Balaban J connectivity index is 2.08. The van der Waals surface area contributed by atoms with Crippen LogP contribution < -0.4 is 5.73 Å². The third-order valence-electron chi connectivity index (χ3n) is 3.57. The van der Waals surface area contributed by atoms with Crippen LogP contribution >= 0.6 is 0 Å². The number of rotatable bonds is 1. The van der Waals surface area contributed by atoms with Crippen LogP contribution in [0.5, 0.6) is 5.75 Å². The Labute approximate surface area is 125 Å². The second-order valence-corrected chi connectivity index (χ2v) is 6.58. The Morgan fingerprint density at radius 1 is 1.43 bits per heavy atom. The minimum Gasteiger partial charge on any atom is -0.508 e. The number of phenolic OH excluding ortho intramolecular Hbond substituents is 1. The molecular weight excluding hydrogens is 268 g/mol. The normalized spacial score (nSPS) is 19.4. The van der Waals surface area contributed by atoms with Crippen molar-refractivity contribution < 1.29 is 14.6 Å². The Hall–Kier alpha value is -1.91. The molecule has 0 radical (unpaired) electrons. The van der Waals surface area contributed by atoms with Gasteiger partial charge in [0.25, 0.3) is 0 Å². The Bertz CT molecular complexity index is 523. The predicted octanol–water partition coefficient (Wildman–Crippen LogP) is 3.09. The number of piperidine rings is 1. The summed E-state index contributed by atoms with van der Waals surface area (Å²) in [6, 6.07) is 5.18. The van der Waals surface area contributed by atoms with Gasteiger partial charge in [0.2, 0.25) is 0 Å². The number of nitrogen functional groups attached to an aromatic ring is 1. The van der Waals surface area contributed by atoms with E-state index in [0.717, 1.165) is 18.4 Å². The lowest BCUT2D eigenvalue weighted by Gasteiger charge is -2.34. The van der Waals surface area contributed by atoms with Crippen LogP contribution in [0.15, 0.2) is 18.2 Å². The molecule has 3 N–H and O–H groups in total. The molecule has 21 heavy (non-hydrogen) atoms. The summed E-state index contributed by atoms with van der Waals surface area (Å²) in [5, 5.41) is 10.0. The van der Waals surface area contributed by atoms with E-state index in [1.54, 1.807) is 17.0 Å². The number of ether oxygens (including phenoxy) is 1. The second-order valence-electron chi connectivity index (χ2n) is 6.58. The van der Waals surface area contributed by atoms with E-state index < -0.39 is 5.60 Å². The first kappa shape index (κ1) is 15.5. The van der Waals surface area contributed by atoms with E-state index in [-0.39, 0.29) is 17.8 Å². The van der Waals surface area contributed by atoms with E-state index in [1.165, 1.54) is 0 Å². The van der Waals surface area contributed by atoms with Crippen molar-refractivity contribution in [1.82, 2.24) is 4.90 Å². The van der Waals surface area contributed by atoms with Crippen LogP contribution in [-0.2, 0) is 4.74 Å². The summed E-state index contributed by atoms with van der Waals surface area (Å²) in [7, 11) is 0. The van der Waals surface area contributed by atoms with Gasteiger partial charge in [-0.2, -0.15) is 0 Å². The number of amides is 1. The molecule has 1 aromatic rings. The number of nitrogens with zero attached hydrogens (tertiary/aromatic N) is 1. The van der Waals surface area contributed by atoms with Gasteiger partial charge in [-0.3, -0.25) is 0 Å². The molecule has 1 atom stereocenters. The molecule has 5 nitrogen and oxygen atoms in total. The third kappa shape index (κ3) is 4.03. The molecule has 5 heteroatoms. The topological polar surface area (TPSA) is 75.8 Å². The lowest BCUT2D eigenvalue weighted by atomic mass is 9.90. The lowest BCUT2D eigenvalue weighted by Crippen LogP contribution is -2.42. The molecule has 1 heterocycles. The van der Waals surface area contributed by atoms with Gasteiger partial charge in [-0.15, -0.1) is 0 Å². The second kappa shape index (κ2) is 5.84. The number of benzene rings is 1. The average molecular weight is 292 g/mol. The lowest BCUT2D eigenvalue weighted by molar-refractivity contribution is 0.0197. The van der Waals surface area contributed by atoms with E-state index >= 15 is 0 Å². The van der Waals surface area contributed by atoms with Crippen LogP contribution in [0.1, 0.15) is 45.1 Å². The number of phenols is 1. The quantitative estimate of drug-likeness (QED) is 0.780. The molecule has 0 saturated carbocycles. The molecule has 1 amide bonds. The summed E-state index contributed by atoms with van der Waals surface area (Å²) >= 11 is 0. The van der Waals surface area contributed by atoms with Crippen molar-refractivity contribution in [3.63, 3.8) is 0 Å². The molecule has 0 bridgehead atoms. The summed E-state index contributed by atoms with van der Waals surface area (Å²) in [4.78, 5) is 13.9. The van der Waals surface area contributed by atoms with Crippen molar-refractivity contribution in [2.45, 2.75) is 45.1 Å². The highest BCUT2D eigenvalue weighted by molar-refractivity contribution is 5.68. The maximum atomic E-state index is 12.2. The number of aromatic hydroxyl groups is 1. The van der Waals surface area contributed by atoms with Gasteiger partial charge in [0.1, 0.15) is 11.4 Å². The van der Waals surface area contributed by atoms with E-state index in [1.807, 2.05) is 26.8 Å². The van der Waals surface area contributed by atoms with E-state index in [4.69, 9.17) is 10.5 Å². The molecule has 1 unspecified atom stereocenters. The maximum absolute atomic E-state index is 12.2. The fourth-order valence-corrected chi connectivity index (χ4v) is 2.63. The first-order chi connectivity index (χ1) is 9.76. The van der Waals surface area contributed by atoms with Crippen LogP contribution in [0.25, 0.3) is 0 Å². The standard InChI is InChI=1S/C16H24N2O3/c1-16(2,3)21-15(20)18-8-4-5-11(10-18)13-7-6-12(17)9-14(13)19/h6-7,9,11,19H,4-5,8,10,17H2,1-3H3. The van der Waals surface area contributed by atoms with E-state index in [2.05, 4.69) is 0 Å². The van der Waals surface area contributed by atoms with Gasteiger partial charge in [-0.25, -0.2) is 4.79 Å². The summed E-state index contributed by atoms with van der Waals surface area (Å²) < 4.78 is 5.42. The van der Waals surface area contributed by atoms with Gasteiger partial charge in [-0.1, -0.05) is 6.07 Å². The first-order valence-corrected chi connectivity index (χ1v) is 7.32. The van der Waals surface area contributed by atoms with Gasteiger partial charge in [0, 0.05) is 30.8 Å². The molecule has 2 rings (SSSR count). The molecule has 1 fully saturated rings. The molecule has 1 aliphatic heterocycles. The zero-order valence-corrected chi connectivity index (χ0v) is 12.9. The summed E-state index contributed by atoms with van der Waals surface area (Å²) in [5.41, 5.74) is 6.55. The number of carbonyl (C=O) groups is 1. The number of likely N-dealkylation sites (tertiary alicyclic amines) is 1. The Morgan fingerprint density at radius 2 is 2.14 bits per heavy atom. The van der Waals surface area contributed by atoms with Crippen LogP contribution in [0, 0.1) is 0 Å². The molecule has 1 aliphatic rings. The van der Waals surface area contributed by atoms with Crippen LogP contribution in [0.2, 0.25) is 0 Å². The Kier molecular flexibility index (Phi) is 4.30. The summed E-state index contributed by atoms with van der Waals surface area (Å²) in [6.07, 6.45) is 1.55. The van der Waals surface area contributed by atoms with Crippen molar-refractivity contribution in [2.75, 3.05) is 18.8 Å². The molecule has 116 valence electrons. The SMILES string of the molecule is CC(C)(C)OC(=O)N1CCCC(c2ccc(N)cc2O)C1. The summed E-state index contributed by atoms with van der Waals surface area (Å²) in [6.45, 7) is 6.84. The van der Waals surface area contributed by atoms with E-state index in [9.17, 15) is 9.90 Å². The first-order valence-electron chi connectivity index (χ1n) is 7.32. The van der Waals surface area contributed by atoms with E-state index in [0.29, 0.717) is 18.8 Å². The summed E-state index contributed by atoms with van der Waals surface area (Å²) in [5.74, 6) is 0.318. The third-order valence-corrected chi connectivity index (χ3v) is 3.57. The predicted molar refractivity (Wildman–Crippen MR) is 82.3 cm³/mol. The highest BCUT2D eigenvalue weighted by Crippen LogP contribution is 2.34. The van der Waals surface area contributed by atoms with Crippen LogP contribution in [0.3, 0.4) is 0 Å². The number of anilines is 1. The number of carbonyl (C=O) groups excluding carboxylic acids is 1. The fraction of sp³-hybridized carbons (Fsp3) is 0.562.